The molecule has 13 heavy (non-hydrogen) atoms. The Bertz CT molecular complexity index is 274. The molecule has 0 aliphatic heterocycles. The Balaban J connectivity index is 2.74. The van der Waals surface area contributed by atoms with Gasteiger partial charge in [0.2, 0.25) is 0 Å². The molecule has 3 N–H and O–H groups in total. The zero-order chi connectivity index (χ0) is 9.68. The highest BCUT2D eigenvalue weighted by molar-refractivity contribution is 5.53. The third kappa shape index (κ3) is 2.63. The van der Waals surface area contributed by atoms with E-state index in [0.717, 1.165) is 18.4 Å². The summed E-state index contributed by atoms with van der Waals surface area (Å²) in [7, 11) is 1.60. The molecular weight excluding hydrogens is 166 g/mol. The fourth-order valence-electron chi connectivity index (χ4n) is 1.19. The summed E-state index contributed by atoms with van der Waals surface area (Å²) in [5.41, 5.74) is 7.44. The average Bonchev–Trinajstić information content (AvgIpc) is 2.16. The van der Waals surface area contributed by atoms with Crippen molar-refractivity contribution in [1.29, 1.82) is 0 Å². The van der Waals surface area contributed by atoms with Crippen LogP contribution in [-0.4, -0.2) is 18.8 Å². The van der Waals surface area contributed by atoms with Crippen molar-refractivity contribution < 1.29 is 9.84 Å². The summed E-state index contributed by atoms with van der Waals surface area (Å²) < 4.78 is 5.08. The van der Waals surface area contributed by atoms with Crippen LogP contribution in [0, 0.1) is 0 Å². The highest BCUT2D eigenvalue weighted by atomic mass is 16.5. The minimum Gasteiger partial charge on any atom is -0.495 e. The summed E-state index contributed by atoms with van der Waals surface area (Å²) in [5, 5.41) is 8.65. The molecule has 0 unspecified atom stereocenters. The van der Waals surface area contributed by atoms with E-state index in [-0.39, 0.29) is 6.61 Å². The second-order valence-corrected chi connectivity index (χ2v) is 2.90. The standard InChI is InChI=1S/C10H15NO2/c1-13-10-7-8(3-2-6-12)4-5-9(10)11/h4-5,7,12H,2-3,6,11H2,1H3. The first-order chi connectivity index (χ1) is 6.27. The topological polar surface area (TPSA) is 55.5 Å². The molecule has 1 rings (SSSR count). The maximum absolute atomic E-state index is 8.65. The van der Waals surface area contributed by atoms with Crippen LogP contribution in [0.1, 0.15) is 12.0 Å². The Morgan fingerprint density at radius 2 is 2.23 bits per heavy atom. The zero-order valence-electron chi connectivity index (χ0n) is 7.79. The number of hydrogen-bond acceptors (Lipinski definition) is 3. The van der Waals surface area contributed by atoms with Gasteiger partial charge in [-0.05, 0) is 30.5 Å². The van der Waals surface area contributed by atoms with Gasteiger partial charge in [-0.15, -0.1) is 0 Å². The van der Waals surface area contributed by atoms with Gasteiger partial charge in [0, 0.05) is 6.61 Å². The normalized spacial score (nSPS) is 10.0. The molecule has 0 aliphatic carbocycles. The summed E-state index contributed by atoms with van der Waals surface area (Å²) in [4.78, 5) is 0. The van der Waals surface area contributed by atoms with Gasteiger partial charge in [-0.1, -0.05) is 6.07 Å². The van der Waals surface area contributed by atoms with E-state index in [9.17, 15) is 0 Å². The highest BCUT2D eigenvalue weighted by Gasteiger charge is 2.00. The largest absolute Gasteiger partial charge is 0.495 e. The summed E-state index contributed by atoms with van der Waals surface area (Å²) in [5.74, 6) is 0.704. The molecule has 0 bridgehead atoms. The molecule has 72 valence electrons. The molecule has 0 aromatic heterocycles. The van der Waals surface area contributed by atoms with Crippen LogP contribution in [0.2, 0.25) is 0 Å². The number of ether oxygens (including phenoxy) is 1. The van der Waals surface area contributed by atoms with Crippen LogP contribution < -0.4 is 10.5 Å². The molecule has 1 aromatic carbocycles. The van der Waals surface area contributed by atoms with Crippen molar-refractivity contribution >= 4 is 5.69 Å². The molecule has 0 fully saturated rings. The number of hydrogen-bond donors (Lipinski definition) is 2. The quantitative estimate of drug-likeness (QED) is 0.686. The van der Waals surface area contributed by atoms with Crippen molar-refractivity contribution in [2.45, 2.75) is 12.8 Å². The first kappa shape index (κ1) is 9.86. The molecule has 0 radical (unpaired) electrons. The second kappa shape index (κ2) is 4.72. The van der Waals surface area contributed by atoms with Crippen LogP contribution in [0.15, 0.2) is 18.2 Å². The lowest BCUT2D eigenvalue weighted by atomic mass is 10.1. The molecule has 0 saturated carbocycles. The summed E-state index contributed by atoms with van der Waals surface area (Å²) >= 11 is 0. The molecule has 0 amide bonds. The summed E-state index contributed by atoms with van der Waals surface area (Å²) in [6.45, 7) is 0.215. The van der Waals surface area contributed by atoms with E-state index >= 15 is 0 Å². The van der Waals surface area contributed by atoms with Gasteiger partial charge in [-0.2, -0.15) is 0 Å². The Morgan fingerprint density at radius 1 is 1.46 bits per heavy atom. The first-order valence-electron chi connectivity index (χ1n) is 4.31. The van der Waals surface area contributed by atoms with E-state index in [0.29, 0.717) is 11.4 Å². The number of rotatable bonds is 4. The zero-order valence-corrected chi connectivity index (χ0v) is 7.79. The van der Waals surface area contributed by atoms with Crippen molar-refractivity contribution in [3.05, 3.63) is 23.8 Å². The van der Waals surface area contributed by atoms with E-state index in [2.05, 4.69) is 0 Å². The third-order valence-corrected chi connectivity index (χ3v) is 1.92. The Labute approximate surface area is 78.1 Å². The van der Waals surface area contributed by atoms with Crippen LogP contribution in [0.4, 0.5) is 5.69 Å². The van der Waals surface area contributed by atoms with E-state index in [1.807, 2.05) is 18.2 Å². The van der Waals surface area contributed by atoms with Crippen molar-refractivity contribution in [3.63, 3.8) is 0 Å². The van der Waals surface area contributed by atoms with Gasteiger partial charge in [0.1, 0.15) is 5.75 Å². The molecule has 0 heterocycles. The van der Waals surface area contributed by atoms with Crippen molar-refractivity contribution in [2.24, 2.45) is 0 Å². The number of aliphatic hydroxyl groups excluding tert-OH is 1. The van der Waals surface area contributed by atoms with Gasteiger partial charge < -0.3 is 15.6 Å². The third-order valence-electron chi connectivity index (χ3n) is 1.92. The van der Waals surface area contributed by atoms with E-state index in [4.69, 9.17) is 15.6 Å². The maximum Gasteiger partial charge on any atom is 0.142 e. The fourth-order valence-corrected chi connectivity index (χ4v) is 1.19. The Hall–Kier alpha value is -1.22. The van der Waals surface area contributed by atoms with Crippen LogP contribution in [-0.2, 0) is 6.42 Å². The molecule has 0 saturated heterocycles. The Kier molecular flexibility index (Phi) is 3.58. The maximum atomic E-state index is 8.65. The molecular formula is C10H15NO2. The number of methoxy groups -OCH3 is 1. The van der Waals surface area contributed by atoms with Crippen molar-refractivity contribution in [3.8, 4) is 5.75 Å². The first-order valence-corrected chi connectivity index (χ1v) is 4.31. The minimum atomic E-state index is 0.215. The van der Waals surface area contributed by atoms with Crippen LogP contribution >= 0.6 is 0 Å². The summed E-state index contributed by atoms with van der Waals surface area (Å²) in [6, 6.07) is 5.68. The molecule has 3 heteroatoms. The van der Waals surface area contributed by atoms with Gasteiger partial charge >= 0.3 is 0 Å². The lowest BCUT2D eigenvalue weighted by molar-refractivity contribution is 0.288. The molecule has 0 spiro atoms. The number of aryl methyl sites for hydroxylation is 1. The number of nitrogen functional groups attached to an aromatic ring is 1. The fraction of sp³-hybridized carbons (Fsp3) is 0.400. The van der Waals surface area contributed by atoms with Crippen LogP contribution in [0.25, 0.3) is 0 Å². The Morgan fingerprint density at radius 3 is 2.85 bits per heavy atom. The van der Waals surface area contributed by atoms with Gasteiger partial charge in [0.15, 0.2) is 0 Å². The van der Waals surface area contributed by atoms with Crippen molar-refractivity contribution in [2.75, 3.05) is 19.5 Å². The molecule has 0 aliphatic rings. The lowest BCUT2D eigenvalue weighted by Crippen LogP contribution is -1.95. The van der Waals surface area contributed by atoms with E-state index in [1.54, 1.807) is 7.11 Å². The second-order valence-electron chi connectivity index (χ2n) is 2.90. The predicted molar refractivity (Wildman–Crippen MR) is 52.8 cm³/mol. The molecule has 0 atom stereocenters. The van der Waals surface area contributed by atoms with E-state index < -0.39 is 0 Å². The van der Waals surface area contributed by atoms with Crippen molar-refractivity contribution in [1.82, 2.24) is 0 Å². The SMILES string of the molecule is COc1cc(CCCO)ccc1N. The average molecular weight is 181 g/mol. The van der Waals surface area contributed by atoms with Crippen LogP contribution in [0.3, 0.4) is 0 Å². The van der Waals surface area contributed by atoms with Gasteiger partial charge in [0.05, 0.1) is 12.8 Å². The van der Waals surface area contributed by atoms with Gasteiger partial charge in [0.25, 0.3) is 0 Å². The summed E-state index contributed by atoms with van der Waals surface area (Å²) in [6.07, 6.45) is 1.63. The molecule has 3 nitrogen and oxygen atoms in total. The number of aliphatic hydroxyl groups is 1. The van der Waals surface area contributed by atoms with Gasteiger partial charge in [-0.3, -0.25) is 0 Å². The van der Waals surface area contributed by atoms with Crippen LogP contribution in [0.5, 0.6) is 5.75 Å². The van der Waals surface area contributed by atoms with Gasteiger partial charge in [-0.25, -0.2) is 0 Å². The lowest BCUT2D eigenvalue weighted by Gasteiger charge is -2.06. The van der Waals surface area contributed by atoms with E-state index in [1.165, 1.54) is 0 Å². The highest BCUT2D eigenvalue weighted by Crippen LogP contribution is 2.22. The number of nitrogens with two attached hydrogens (primary N) is 1. The predicted octanol–water partition coefficient (Wildman–Crippen LogP) is 1.20. The molecule has 1 aromatic rings. The monoisotopic (exact) mass is 181 g/mol. The minimum absolute atomic E-state index is 0.215. The smallest absolute Gasteiger partial charge is 0.142 e. The number of benzene rings is 1. The number of anilines is 1.